The molecule has 0 fully saturated rings. The molecule has 4 heteroatoms. The predicted octanol–water partition coefficient (Wildman–Crippen LogP) is 4.21. The molecule has 3 aromatic rings. The fourth-order valence-corrected chi connectivity index (χ4v) is 2.83. The van der Waals surface area contributed by atoms with Crippen LogP contribution >= 0.6 is 11.3 Å². The minimum absolute atomic E-state index is 0.372. The molecular weight excluding hydrogens is 256 g/mol. The lowest BCUT2D eigenvalue weighted by Crippen LogP contribution is -1.86. The van der Waals surface area contributed by atoms with E-state index in [-0.39, 0.29) is 0 Å². The molecule has 0 radical (unpaired) electrons. The monoisotopic (exact) mass is 270 g/mol. The van der Waals surface area contributed by atoms with Crippen LogP contribution in [-0.2, 0) is 6.42 Å². The van der Waals surface area contributed by atoms with Crippen molar-refractivity contribution in [3.8, 4) is 21.7 Å². The van der Waals surface area contributed by atoms with Crippen LogP contribution < -0.4 is 5.73 Å². The van der Waals surface area contributed by atoms with Crippen molar-refractivity contribution in [1.29, 1.82) is 0 Å². The summed E-state index contributed by atoms with van der Waals surface area (Å²) in [4.78, 5) is 1.08. The molecule has 0 atom stereocenters. The van der Waals surface area contributed by atoms with Gasteiger partial charge in [-0.2, -0.15) is 0 Å². The maximum atomic E-state index is 5.90. The van der Waals surface area contributed by atoms with Gasteiger partial charge < -0.3 is 10.3 Å². The second-order valence-corrected chi connectivity index (χ2v) is 5.25. The maximum absolute atomic E-state index is 5.90. The Hall–Kier alpha value is -2.07. The van der Waals surface area contributed by atoms with Gasteiger partial charge in [0, 0.05) is 10.4 Å². The fraction of sp³-hybridized carbons (Fsp3) is 0.133. The molecule has 2 N–H and O–H groups in total. The first-order chi connectivity index (χ1) is 9.29. The lowest BCUT2D eigenvalue weighted by molar-refractivity contribution is 0.439. The maximum Gasteiger partial charge on any atom is 0.231 e. The van der Waals surface area contributed by atoms with E-state index in [0.717, 1.165) is 28.1 Å². The van der Waals surface area contributed by atoms with Crippen molar-refractivity contribution in [3.05, 3.63) is 47.3 Å². The van der Waals surface area contributed by atoms with Crippen LogP contribution in [0, 0.1) is 0 Å². The van der Waals surface area contributed by atoms with Crippen LogP contribution in [0.25, 0.3) is 21.7 Å². The number of nitrogens with two attached hydrogens (primary N) is 1. The number of rotatable bonds is 3. The Morgan fingerprint density at radius 1 is 1.21 bits per heavy atom. The third kappa shape index (κ3) is 2.15. The van der Waals surface area contributed by atoms with E-state index >= 15 is 0 Å². The van der Waals surface area contributed by atoms with E-state index in [1.165, 1.54) is 5.56 Å². The third-order valence-corrected chi connectivity index (χ3v) is 4.01. The highest BCUT2D eigenvalue weighted by Gasteiger charge is 2.17. The molecule has 0 aliphatic carbocycles. The summed E-state index contributed by atoms with van der Waals surface area (Å²) in [7, 11) is 0. The van der Waals surface area contributed by atoms with Gasteiger partial charge in [-0.05, 0) is 23.4 Å². The summed E-state index contributed by atoms with van der Waals surface area (Å²) >= 11 is 1.63. The van der Waals surface area contributed by atoms with E-state index in [4.69, 9.17) is 10.3 Å². The number of aromatic nitrogens is 1. The van der Waals surface area contributed by atoms with Crippen molar-refractivity contribution in [2.45, 2.75) is 13.3 Å². The van der Waals surface area contributed by atoms with Crippen LogP contribution in [0.2, 0.25) is 0 Å². The Morgan fingerprint density at radius 2 is 2.00 bits per heavy atom. The molecule has 0 spiro atoms. The van der Waals surface area contributed by atoms with Crippen molar-refractivity contribution >= 4 is 17.2 Å². The van der Waals surface area contributed by atoms with E-state index < -0.39 is 0 Å². The highest BCUT2D eigenvalue weighted by molar-refractivity contribution is 7.13. The van der Waals surface area contributed by atoms with Crippen LogP contribution in [0.5, 0.6) is 0 Å². The number of aryl methyl sites for hydroxylation is 1. The van der Waals surface area contributed by atoms with Gasteiger partial charge in [-0.1, -0.05) is 42.4 Å². The highest BCUT2D eigenvalue weighted by Crippen LogP contribution is 2.38. The summed E-state index contributed by atoms with van der Waals surface area (Å²) in [5.74, 6) is 0.372. The zero-order valence-electron chi connectivity index (χ0n) is 10.6. The van der Waals surface area contributed by atoms with Crippen LogP contribution in [0.15, 0.2) is 46.3 Å². The predicted molar refractivity (Wildman–Crippen MR) is 79.0 cm³/mol. The molecule has 0 aliphatic heterocycles. The summed E-state index contributed by atoms with van der Waals surface area (Å²) in [5, 5.41) is 6.12. The Kier molecular flexibility index (Phi) is 3.09. The Labute approximate surface area is 115 Å². The van der Waals surface area contributed by atoms with Crippen molar-refractivity contribution in [2.75, 3.05) is 5.73 Å². The summed E-state index contributed by atoms with van der Waals surface area (Å²) < 4.78 is 5.16. The van der Waals surface area contributed by atoms with Gasteiger partial charge in [-0.15, -0.1) is 11.3 Å². The number of nitrogen functional groups attached to an aromatic ring is 1. The number of thiophene rings is 1. The Morgan fingerprint density at radius 3 is 2.63 bits per heavy atom. The van der Waals surface area contributed by atoms with Crippen molar-refractivity contribution in [2.24, 2.45) is 0 Å². The van der Waals surface area contributed by atoms with Gasteiger partial charge in [0.2, 0.25) is 5.88 Å². The zero-order valence-corrected chi connectivity index (χ0v) is 11.4. The van der Waals surface area contributed by atoms with E-state index in [9.17, 15) is 0 Å². The Bertz CT molecular complexity index is 669. The van der Waals surface area contributed by atoms with E-state index in [1.807, 2.05) is 17.5 Å². The van der Waals surface area contributed by atoms with E-state index in [1.54, 1.807) is 11.3 Å². The SMILES string of the molecule is CCc1ccc(-c2noc(N)c2-c2cccs2)cc1. The first-order valence-electron chi connectivity index (χ1n) is 6.18. The number of anilines is 1. The van der Waals surface area contributed by atoms with Gasteiger partial charge in [0.15, 0.2) is 0 Å². The van der Waals surface area contributed by atoms with Crippen LogP contribution in [-0.4, -0.2) is 5.16 Å². The molecule has 0 unspecified atom stereocenters. The lowest BCUT2D eigenvalue weighted by Gasteiger charge is -2.01. The topological polar surface area (TPSA) is 52.0 Å². The molecule has 0 saturated carbocycles. The van der Waals surface area contributed by atoms with E-state index in [0.29, 0.717) is 5.88 Å². The van der Waals surface area contributed by atoms with Crippen LogP contribution in [0.1, 0.15) is 12.5 Å². The normalized spacial score (nSPS) is 10.8. The second-order valence-electron chi connectivity index (χ2n) is 4.30. The summed E-state index contributed by atoms with van der Waals surface area (Å²) in [5.41, 5.74) is 9.93. The molecule has 3 rings (SSSR count). The summed E-state index contributed by atoms with van der Waals surface area (Å²) in [6.07, 6.45) is 1.03. The number of nitrogens with zero attached hydrogens (tertiary/aromatic N) is 1. The first-order valence-corrected chi connectivity index (χ1v) is 7.06. The molecule has 1 aromatic carbocycles. The molecule has 3 nitrogen and oxygen atoms in total. The van der Waals surface area contributed by atoms with Gasteiger partial charge in [-0.25, -0.2) is 0 Å². The second kappa shape index (κ2) is 4.90. The molecule has 2 aromatic heterocycles. The molecular formula is C15H14N2OS. The first kappa shape index (κ1) is 12.0. The minimum atomic E-state index is 0.372. The largest absolute Gasteiger partial charge is 0.367 e. The van der Waals surface area contributed by atoms with Gasteiger partial charge in [-0.3, -0.25) is 0 Å². The van der Waals surface area contributed by atoms with Gasteiger partial charge >= 0.3 is 0 Å². The lowest BCUT2D eigenvalue weighted by atomic mass is 10.0. The van der Waals surface area contributed by atoms with Crippen LogP contribution in [0.4, 0.5) is 5.88 Å². The average molecular weight is 270 g/mol. The molecule has 0 amide bonds. The molecule has 0 aliphatic rings. The average Bonchev–Trinajstić information content (AvgIpc) is 3.08. The van der Waals surface area contributed by atoms with E-state index in [2.05, 4.69) is 36.3 Å². The Balaban J connectivity index is 2.10. The zero-order chi connectivity index (χ0) is 13.2. The number of hydrogen-bond acceptors (Lipinski definition) is 4. The van der Waals surface area contributed by atoms with Gasteiger partial charge in [0.05, 0.1) is 5.56 Å². The highest BCUT2D eigenvalue weighted by atomic mass is 32.1. The summed E-state index contributed by atoms with van der Waals surface area (Å²) in [6, 6.07) is 12.4. The van der Waals surface area contributed by atoms with Crippen LogP contribution in [0.3, 0.4) is 0 Å². The molecule has 96 valence electrons. The molecule has 2 heterocycles. The molecule has 0 saturated heterocycles. The van der Waals surface area contributed by atoms with Crippen molar-refractivity contribution in [1.82, 2.24) is 5.16 Å². The minimum Gasteiger partial charge on any atom is -0.367 e. The van der Waals surface area contributed by atoms with Crippen molar-refractivity contribution in [3.63, 3.8) is 0 Å². The van der Waals surface area contributed by atoms with Crippen molar-refractivity contribution < 1.29 is 4.52 Å². The van der Waals surface area contributed by atoms with Gasteiger partial charge in [0.25, 0.3) is 0 Å². The quantitative estimate of drug-likeness (QED) is 0.775. The number of hydrogen-bond donors (Lipinski definition) is 1. The third-order valence-electron chi connectivity index (χ3n) is 3.12. The molecule has 0 bridgehead atoms. The number of benzene rings is 1. The molecule has 19 heavy (non-hydrogen) atoms. The fourth-order valence-electron chi connectivity index (χ4n) is 2.06. The standard InChI is InChI=1S/C15H14N2OS/c1-2-10-5-7-11(8-6-10)14-13(15(16)18-17-14)12-4-3-9-19-12/h3-9H,2,16H2,1H3. The van der Waals surface area contributed by atoms with Gasteiger partial charge in [0.1, 0.15) is 5.69 Å². The smallest absolute Gasteiger partial charge is 0.231 e. The summed E-state index contributed by atoms with van der Waals surface area (Å²) in [6.45, 7) is 2.14.